The molecule has 0 bridgehead atoms. The number of benzene rings is 1. The average Bonchev–Trinajstić information content (AvgIpc) is 3.12. The molecule has 0 aliphatic carbocycles. The van der Waals surface area contributed by atoms with Gasteiger partial charge >= 0.3 is 0 Å². The zero-order chi connectivity index (χ0) is 20.3. The number of thiophene rings is 1. The number of pyridine rings is 1. The third-order valence-corrected chi connectivity index (χ3v) is 5.96. The molecular formula is C19H17ClN2O4S2. The number of aromatic nitrogens is 1. The predicted octanol–water partition coefficient (Wildman–Crippen LogP) is 4.52. The van der Waals surface area contributed by atoms with Crippen molar-refractivity contribution in [1.82, 2.24) is 4.98 Å². The molecule has 0 saturated carbocycles. The van der Waals surface area contributed by atoms with Crippen molar-refractivity contribution in [3.8, 4) is 17.0 Å². The fourth-order valence-electron chi connectivity index (χ4n) is 2.43. The summed E-state index contributed by atoms with van der Waals surface area (Å²) in [5.41, 5.74) is 1.84. The molecular weight excluding hydrogens is 420 g/mol. The fourth-order valence-corrected chi connectivity index (χ4v) is 4.21. The first-order valence-electron chi connectivity index (χ1n) is 8.26. The number of amides is 1. The van der Waals surface area contributed by atoms with Gasteiger partial charge in [-0.2, -0.15) is 0 Å². The third kappa shape index (κ3) is 4.89. The highest BCUT2D eigenvalue weighted by Crippen LogP contribution is 2.27. The molecule has 6 nitrogen and oxygen atoms in total. The lowest BCUT2D eigenvalue weighted by atomic mass is 10.2. The Labute approximate surface area is 172 Å². The van der Waals surface area contributed by atoms with E-state index in [1.54, 1.807) is 12.3 Å². The summed E-state index contributed by atoms with van der Waals surface area (Å²) in [5.74, 6) is 0.325. The van der Waals surface area contributed by atoms with Crippen molar-refractivity contribution in [2.45, 2.75) is 11.8 Å². The molecule has 146 valence electrons. The summed E-state index contributed by atoms with van der Waals surface area (Å²) in [6.07, 6.45) is 2.72. The van der Waals surface area contributed by atoms with Crippen molar-refractivity contribution in [3.05, 3.63) is 57.9 Å². The number of hydrogen-bond acceptors (Lipinski definition) is 6. The minimum atomic E-state index is -3.44. The Morgan fingerprint density at radius 2 is 2.04 bits per heavy atom. The minimum Gasteiger partial charge on any atom is -0.492 e. The summed E-state index contributed by atoms with van der Waals surface area (Å²) in [4.78, 5) is 17.4. The predicted molar refractivity (Wildman–Crippen MR) is 111 cm³/mol. The molecule has 0 aliphatic heterocycles. The van der Waals surface area contributed by atoms with Crippen LogP contribution in [0.25, 0.3) is 11.3 Å². The summed E-state index contributed by atoms with van der Waals surface area (Å²) in [5, 5.41) is 4.74. The van der Waals surface area contributed by atoms with Gasteiger partial charge in [0.05, 0.1) is 28.3 Å². The number of hydrogen-bond donors (Lipinski definition) is 1. The van der Waals surface area contributed by atoms with Gasteiger partial charge in [-0.25, -0.2) is 8.42 Å². The Kier molecular flexibility index (Phi) is 6.02. The molecule has 9 heteroatoms. The maximum atomic E-state index is 12.5. The van der Waals surface area contributed by atoms with E-state index in [2.05, 4.69) is 10.3 Å². The third-order valence-electron chi connectivity index (χ3n) is 3.72. The van der Waals surface area contributed by atoms with E-state index in [4.69, 9.17) is 16.3 Å². The van der Waals surface area contributed by atoms with Crippen LogP contribution in [0.1, 0.15) is 16.6 Å². The Bertz CT molecular complexity index is 1110. The van der Waals surface area contributed by atoms with Crippen molar-refractivity contribution in [1.29, 1.82) is 0 Å². The van der Waals surface area contributed by atoms with Gasteiger partial charge in [0.1, 0.15) is 5.75 Å². The molecule has 3 rings (SSSR count). The van der Waals surface area contributed by atoms with Crippen LogP contribution in [0.5, 0.6) is 5.75 Å². The van der Waals surface area contributed by atoms with E-state index in [-0.39, 0.29) is 15.8 Å². The van der Waals surface area contributed by atoms with E-state index < -0.39 is 9.84 Å². The van der Waals surface area contributed by atoms with Crippen LogP contribution >= 0.6 is 22.9 Å². The Morgan fingerprint density at radius 1 is 1.25 bits per heavy atom. The van der Waals surface area contributed by atoms with Crippen molar-refractivity contribution >= 4 is 44.4 Å². The second-order valence-corrected chi connectivity index (χ2v) is 9.28. The highest BCUT2D eigenvalue weighted by Gasteiger charge is 2.14. The molecule has 0 saturated heterocycles. The Balaban J connectivity index is 1.78. The second kappa shape index (κ2) is 8.30. The Morgan fingerprint density at radius 3 is 2.68 bits per heavy atom. The lowest BCUT2D eigenvalue weighted by molar-refractivity contribution is 0.103. The molecule has 0 spiro atoms. The molecule has 28 heavy (non-hydrogen) atoms. The van der Waals surface area contributed by atoms with Gasteiger partial charge in [-0.05, 0) is 43.3 Å². The number of sulfone groups is 1. The largest absolute Gasteiger partial charge is 0.492 e. The first-order valence-corrected chi connectivity index (χ1v) is 11.4. The molecule has 3 aromatic rings. The lowest BCUT2D eigenvalue weighted by Crippen LogP contribution is -2.11. The van der Waals surface area contributed by atoms with Crippen LogP contribution in [0.2, 0.25) is 5.02 Å². The maximum Gasteiger partial charge on any atom is 0.265 e. The molecule has 0 atom stereocenters. The SMILES string of the molecule is CCOc1ccc(-c2csc(C(=O)Nc3cc(Cl)cc(S(C)(=O)=O)c3)c2)nc1. The van der Waals surface area contributed by atoms with Crippen LogP contribution in [-0.2, 0) is 9.84 Å². The number of nitrogens with zero attached hydrogens (tertiary/aromatic N) is 1. The molecule has 1 aromatic carbocycles. The van der Waals surface area contributed by atoms with E-state index in [9.17, 15) is 13.2 Å². The van der Waals surface area contributed by atoms with Gasteiger partial charge in [0.15, 0.2) is 9.84 Å². The van der Waals surface area contributed by atoms with Gasteiger partial charge in [-0.1, -0.05) is 11.6 Å². The zero-order valence-electron chi connectivity index (χ0n) is 15.1. The molecule has 0 aliphatic rings. The standard InChI is InChI=1S/C19H17ClN2O4S2/c1-3-26-15-4-5-17(21-10-15)12-6-18(27-11-12)19(23)22-14-7-13(20)8-16(9-14)28(2,24)25/h4-11H,3H2,1-2H3,(H,22,23). The van der Waals surface area contributed by atoms with Crippen LogP contribution in [0.15, 0.2) is 52.9 Å². The van der Waals surface area contributed by atoms with Crippen LogP contribution < -0.4 is 10.1 Å². The molecule has 0 radical (unpaired) electrons. The van der Waals surface area contributed by atoms with E-state index in [0.717, 1.165) is 17.5 Å². The van der Waals surface area contributed by atoms with Crippen molar-refractivity contribution < 1.29 is 17.9 Å². The van der Waals surface area contributed by atoms with Gasteiger partial charge in [-0.3, -0.25) is 9.78 Å². The fraction of sp³-hybridized carbons (Fsp3) is 0.158. The number of rotatable bonds is 6. The molecule has 0 unspecified atom stereocenters. The van der Waals surface area contributed by atoms with Crippen molar-refractivity contribution in [2.75, 3.05) is 18.2 Å². The highest BCUT2D eigenvalue weighted by molar-refractivity contribution is 7.90. The lowest BCUT2D eigenvalue weighted by Gasteiger charge is -2.07. The van der Waals surface area contributed by atoms with Crippen LogP contribution in [0.4, 0.5) is 5.69 Å². The van der Waals surface area contributed by atoms with Crippen molar-refractivity contribution in [2.24, 2.45) is 0 Å². The second-order valence-electron chi connectivity index (χ2n) is 5.91. The van der Waals surface area contributed by atoms with E-state index in [0.29, 0.717) is 22.9 Å². The first-order chi connectivity index (χ1) is 13.3. The number of halogens is 1. The summed E-state index contributed by atoms with van der Waals surface area (Å²) >= 11 is 7.24. The van der Waals surface area contributed by atoms with E-state index in [1.807, 2.05) is 24.4 Å². The summed E-state index contributed by atoms with van der Waals surface area (Å²) in [6, 6.07) is 9.59. The van der Waals surface area contributed by atoms with Gasteiger partial charge in [-0.15, -0.1) is 11.3 Å². The van der Waals surface area contributed by atoms with E-state index in [1.165, 1.54) is 29.5 Å². The number of carbonyl (C=O) groups excluding carboxylic acids is 1. The average molecular weight is 437 g/mol. The normalized spacial score (nSPS) is 11.2. The molecule has 1 amide bonds. The summed E-state index contributed by atoms with van der Waals surface area (Å²) in [7, 11) is -3.44. The number of carbonyl (C=O) groups is 1. The minimum absolute atomic E-state index is 0.0424. The number of anilines is 1. The van der Waals surface area contributed by atoms with Gasteiger partial charge in [0.2, 0.25) is 0 Å². The van der Waals surface area contributed by atoms with Crippen molar-refractivity contribution in [3.63, 3.8) is 0 Å². The van der Waals surface area contributed by atoms with Crippen LogP contribution in [-0.4, -0.2) is 32.2 Å². The molecule has 2 heterocycles. The highest BCUT2D eigenvalue weighted by atomic mass is 35.5. The van der Waals surface area contributed by atoms with E-state index >= 15 is 0 Å². The number of nitrogens with one attached hydrogen (secondary N) is 1. The monoisotopic (exact) mass is 436 g/mol. The van der Waals surface area contributed by atoms with Crippen LogP contribution in [0.3, 0.4) is 0 Å². The topological polar surface area (TPSA) is 85.4 Å². The Hall–Kier alpha value is -2.42. The van der Waals surface area contributed by atoms with Gasteiger partial charge in [0, 0.05) is 27.9 Å². The number of ether oxygens (including phenoxy) is 1. The molecule has 0 fully saturated rings. The van der Waals surface area contributed by atoms with Gasteiger partial charge < -0.3 is 10.1 Å². The maximum absolute atomic E-state index is 12.5. The zero-order valence-corrected chi connectivity index (χ0v) is 17.5. The first kappa shape index (κ1) is 20.3. The molecule has 2 aromatic heterocycles. The summed E-state index contributed by atoms with van der Waals surface area (Å²) in [6.45, 7) is 2.46. The van der Waals surface area contributed by atoms with Crippen LogP contribution in [0, 0.1) is 0 Å². The quantitative estimate of drug-likeness (QED) is 0.614. The smallest absolute Gasteiger partial charge is 0.265 e. The molecule has 1 N–H and O–H groups in total. The van der Waals surface area contributed by atoms with Gasteiger partial charge in [0.25, 0.3) is 5.91 Å². The summed E-state index contributed by atoms with van der Waals surface area (Å²) < 4.78 is 28.8.